The second-order valence-electron chi connectivity index (χ2n) is 5.57. The van der Waals surface area contributed by atoms with E-state index < -0.39 is 0 Å². The molecule has 0 bridgehead atoms. The Morgan fingerprint density at radius 1 is 1.37 bits per heavy atom. The van der Waals surface area contributed by atoms with Crippen LogP contribution in [-0.4, -0.2) is 25.6 Å². The van der Waals surface area contributed by atoms with Gasteiger partial charge in [-0.25, -0.2) is 4.98 Å². The van der Waals surface area contributed by atoms with Crippen molar-refractivity contribution in [2.24, 2.45) is 11.8 Å². The highest BCUT2D eigenvalue weighted by Crippen LogP contribution is 2.35. The smallest absolute Gasteiger partial charge is 0.203 e. The van der Waals surface area contributed by atoms with Crippen LogP contribution in [-0.2, 0) is 0 Å². The standard InChI is InChI=1S/C14H21N5/c1-4-11-5-6-12(9(11)2)16-13-14-18-17-10(3)19(14)8-7-15-13/h7-9,11-12H,4-6H2,1-3H3,(H,15,16). The predicted octanol–water partition coefficient (Wildman–Crippen LogP) is 2.67. The lowest BCUT2D eigenvalue weighted by Gasteiger charge is -2.21. The summed E-state index contributed by atoms with van der Waals surface area (Å²) in [6, 6.07) is 0.501. The highest BCUT2D eigenvalue weighted by molar-refractivity contribution is 5.62. The molecule has 0 aliphatic heterocycles. The Labute approximate surface area is 113 Å². The molecule has 1 fully saturated rings. The molecule has 2 heterocycles. The van der Waals surface area contributed by atoms with E-state index >= 15 is 0 Å². The van der Waals surface area contributed by atoms with Gasteiger partial charge in [0.2, 0.25) is 5.65 Å². The van der Waals surface area contributed by atoms with Crippen LogP contribution in [0.1, 0.15) is 38.9 Å². The van der Waals surface area contributed by atoms with Crippen molar-refractivity contribution < 1.29 is 0 Å². The maximum Gasteiger partial charge on any atom is 0.203 e. The molecule has 1 aliphatic carbocycles. The van der Waals surface area contributed by atoms with E-state index in [0.717, 1.165) is 23.2 Å². The fourth-order valence-electron chi connectivity index (χ4n) is 3.25. The van der Waals surface area contributed by atoms with Crippen molar-refractivity contribution in [1.29, 1.82) is 0 Å². The molecule has 1 aliphatic rings. The van der Waals surface area contributed by atoms with E-state index in [2.05, 4.69) is 34.3 Å². The van der Waals surface area contributed by atoms with E-state index in [9.17, 15) is 0 Å². The molecule has 0 amide bonds. The number of nitrogens with one attached hydrogen (secondary N) is 1. The number of aryl methyl sites for hydroxylation is 1. The second kappa shape index (κ2) is 4.79. The van der Waals surface area contributed by atoms with Gasteiger partial charge < -0.3 is 5.32 Å². The number of anilines is 1. The molecule has 5 heteroatoms. The van der Waals surface area contributed by atoms with E-state index in [1.165, 1.54) is 19.3 Å². The third kappa shape index (κ3) is 2.07. The Morgan fingerprint density at radius 2 is 2.21 bits per heavy atom. The van der Waals surface area contributed by atoms with Gasteiger partial charge in [-0.2, -0.15) is 0 Å². The lowest BCUT2D eigenvalue weighted by molar-refractivity contribution is 0.391. The molecule has 0 spiro atoms. The van der Waals surface area contributed by atoms with Crippen molar-refractivity contribution in [2.45, 2.75) is 46.1 Å². The number of aromatic nitrogens is 4. The first-order valence-electron chi connectivity index (χ1n) is 7.13. The highest BCUT2D eigenvalue weighted by Gasteiger charge is 2.32. The van der Waals surface area contributed by atoms with Crippen LogP contribution in [0.2, 0.25) is 0 Å². The molecule has 102 valence electrons. The third-order valence-electron chi connectivity index (χ3n) is 4.57. The molecule has 0 aromatic carbocycles. The number of fused-ring (bicyclic) bond motifs is 1. The maximum atomic E-state index is 4.43. The van der Waals surface area contributed by atoms with Crippen molar-refractivity contribution in [1.82, 2.24) is 19.6 Å². The summed E-state index contributed by atoms with van der Waals surface area (Å²) >= 11 is 0. The highest BCUT2D eigenvalue weighted by atomic mass is 15.3. The average molecular weight is 259 g/mol. The van der Waals surface area contributed by atoms with Crippen molar-refractivity contribution in [3.63, 3.8) is 0 Å². The quantitative estimate of drug-likeness (QED) is 0.920. The molecule has 19 heavy (non-hydrogen) atoms. The average Bonchev–Trinajstić information content (AvgIpc) is 2.96. The van der Waals surface area contributed by atoms with Crippen LogP contribution in [0, 0.1) is 18.8 Å². The molecule has 1 saturated carbocycles. The van der Waals surface area contributed by atoms with Crippen molar-refractivity contribution in [3.8, 4) is 0 Å². The summed E-state index contributed by atoms with van der Waals surface area (Å²) in [5, 5.41) is 11.9. The molecule has 2 aromatic heterocycles. The Kier molecular flexibility index (Phi) is 3.12. The van der Waals surface area contributed by atoms with Crippen LogP contribution in [0.15, 0.2) is 12.4 Å². The normalized spacial score (nSPS) is 27.0. The number of rotatable bonds is 3. The number of hydrogen-bond acceptors (Lipinski definition) is 4. The van der Waals surface area contributed by atoms with Gasteiger partial charge in [-0.3, -0.25) is 4.40 Å². The van der Waals surface area contributed by atoms with Gasteiger partial charge in [0, 0.05) is 18.4 Å². The minimum absolute atomic E-state index is 0.501. The molecular weight excluding hydrogens is 238 g/mol. The first-order chi connectivity index (χ1) is 9.20. The summed E-state index contributed by atoms with van der Waals surface area (Å²) in [5.41, 5.74) is 0.826. The van der Waals surface area contributed by atoms with Crippen molar-refractivity contribution in [3.05, 3.63) is 18.2 Å². The van der Waals surface area contributed by atoms with Crippen molar-refractivity contribution >= 4 is 11.5 Å². The maximum absolute atomic E-state index is 4.43. The Balaban J connectivity index is 1.86. The lowest BCUT2D eigenvalue weighted by Crippen LogP contribution is -2.25. The van der Waals surface area contributed by atoms with E-state index in [4.69, 9.17) is 0 Å². The molecule has 0 saturated heterocycles. The summed E-state index contributed by atoms with van der Waals surface area (Å²) in [6.45, 7) is 6.58. The molecule has 5 nitrogen and oxygen atoms in total. The van der Waals surface area contributed by atoms with Crippen LogP contribution in [0.5, 0.6) is 0 Å². The van der Waals surface area contributed by atoms with Crippen LogP contribution >= 0.6 is 0 Å². The Hall–Kier alpha value is -1.65. The lowest BCUT2D eigenvalue weighted by atomic mass is 9.93. The van der Waals surface area contributed by atoms with Crippen LogP contribution in [0.25, 0.3) is 5.65 Å². The minimum Gasteiger partial charge on any atom is -0.364 e. The van der Waals surface area contributed by atoms with Gasteiger partial charge in [0.15, 0.2) is 5.82 Å². The third-order valence-corrected chi connectivity index (χ3v) is 4.57. The van der Waals surface area contributed by atoms with Gasteiger partial charge in [0.05, 0.1) is 0 Å². The van der Waals surface area contributed by atoms with Crippen LogP contribution in [0.3, 0.4) is 0 Å². The first kappa shape index (κ1) is 12.4. The monoisotopic (exact) mass is 259 g/mol. The molecule has 3 unspecified atom stereocenters. The van der Waals surface area contributed by atoms with Crippen molar-refractivity contribution in [2.75, 3.05) is 5.32 Å². The summed E-state index contributed by atoms with van der Waals surface area (Å²) in [7, 11) is 0. The molecule has 3 atom stereocenters. The molecule has 2 aromatic rings. The van der Waals surface area contributed by atoms with Gasteiger partial charge in [0.1, 0.15) is 5.82 Å². The zero-order chi connectivity index (χ0) is 13.4. The largest absolute Gasteiger partial charge is 0.364 e. The minimum atomic E-state index is 0.501. The molecular formula is C14H21N5. The summed E-state index contributed by atoms with van der Waals surface area (Å²) in [4.78, 5) is 4.43. The second-order valence-corrected chi connectivity index (χ2v) is 5.57. The van der Waals surface area contributed by atoms with E-state index in [0.29, 0.717) is 12.0 Å². The van der Waals surface area contributed by atoms with Gasteiger partial charge in [0.25, 0.3) is 0 Å². The molecule has 3 rings (SSSR count). The SMILES string of the molecule is CCC1CCC(Nc2nccn3c(C)nnc23)C1C. The number of nitrogens with zero attached hydrogens (tertiary/aromatic N) is 4. The topological polar surface area (TPSA) is 55.1 Å². The zero-order valence-corrected chi connectivity index (χ0v) is 11.8. The van der Waals surface area contributed by atoms with E-state index in [1.807, 2.05) is 23.7 Å². The summed E-state index contributed by atoms with van der Waals surface area (Å²) in [5.74, 6) is 3.27. The van der Waals surface area contributed by atoms with Gasteiger partial charge >= 0.3 is 0 Å². The zero-order valence-electron chi connectivity index (χ0n) is 11.8. The Bertz CT molecular complexity index is 576. The van der Waals surface area contributed by atoms with Gasteiger partial charge in [-0.15, -0.1) is 10.2 Å². The van der Waals surface area contributed by atoms with Crippen LogP contribution < -0.4 is 5.32 Å². The molecule has 0 radical (unpaired) electrons. The fourth-order valence-corrected chi connectivity index (χ4v) is 3.25. The fraction of sp³-hybridized carbons (Fsp3) is 0.643. The van der Waals surface area contributed by atoms with Gasteiger partial charge in [-0.1, -0.05) is 20.3 Å². The number of hydrogen-bond donors (Lipinski definition) is 1. The predicted molar refractivity (Wildman–Crippen MR) is 75.1 cm³/mol. The summed E-state index contributed by atoms with van der Waals surface area (Å²) < 4.78 is 1.98. The first-order valence-corrected chi connectivity index (χ1v) is 7.13. The Morgan fingerprint density at radius 3 is 2.95 bits per heavy atom. The van der Waals surface area contributed by atoms with E-state index in [1.54, 1.807) is 0 Å². The van der Waals surface area contributed by atoms with Crippen LogP contribution in [0.4, 0.5) is 5.82 Å². The molecule has 1 N–H and O–H groups in total. The summed E-state index contributed by atoms with van der Waals surface area (Å²) in [6.07, 6.45) is 7.51. The van der Waals surface area contributed by atoms with Gasteiger partial charge in [-0.05, 0) is 31.6 Å². The van der Waals surface area contributed by atoms with E-state index in [-0.39, 0.29) is 0 Å².